The minimum atomic E-state index is -3.34. The Hall–Kier alpha value is -1.16. The van der Waals surface area contributed by atoms with Crippen LogP contribution in [0.25, 0.3) is 0 Å². The minimum absolute atomic E-state index is 0.0968. The van der Waals surface area contributed by atoms with E-state index in [-0.39, 0.29) is 16.2 Å². The zero-order valence-electron chi connectivity index (χ0n) is 9.27. The third-order valence-corrected chi connectivity index (χ3v) is 4.20. The maximum Gasteiger partial charge on any atom is 0.234 e. The lowest BCUT2D eigenvalue weighted by molar-refractivity contribution is 0.560. The fourth-order valence-electron chi connectivity index (χ4n) is 1.47. The third kappa shape index (κ3) is 3.17. The zero-order valence-corrected chi connectivity index (χ0v) is 10.1. The van der Waals surface area contributed by atoms with Gasteiger partial charge < -0.3 is 0 Å². The summed E-state index contributed by atoms with van der Waals surface area (Å²) in [5.41, 5.74) is 0.124. The quantitative estimate of drug-likeness (QED) is 0.714. The molecule has 3 nitrogen and oxygen atoms in total. The second kappa shape index (κ2) is 5.80. The summed E-state index contributed by atoms with van der Waals surface area (Å²) in [7, 11) is -3.34. The van der Waals surface area contributed by atoms with E-state index >= 15 is 0 Å². The van der Waals surface area contributed by atoms with Crippen molar-refractivity contribution in [2.45, 2.75) is 31.1 Å². The normalized spacial score (nSPS) is 11.3. The average Bonchev–Trinajstić information content (AvgIpc) is 2.29. The number of carbonyl (C=O) groups excluding carboxylic acids is 1. The highest BCUT2D eigenvalue weighted by atomic mass is 32.2. The summed E-state index contributed by atoms with van der Waals surface area (Å²) in [6.45, 7) is 2.01. The topological polar surface area (TPSA) is 51.2 Å². The van der Waals surface area contributed by atoms with Crippen LogP contribution in [0.5, 0.6) is 0 Å². The average molecular weight is 239 g/mol. The van der Waals surface area contributed by atoms with Gasteiger partial charge in [-0.25, -0.2) is 8.42 Å². The summed E-state index contributed by atoms with van der Waals surface area (Å²) >= 11 is 0. The second-order valence-electron chi connectivity index (χ2n) is 3.62. The molecule has 1 rings (SSSR count). The van der Waals surface area contributed by atoms with Crippen LogP contribution in [0.4, 0.5) is 0 Å². The number of hydrogen-bond acceptors (Lipinski definition) is 3. The van der Waals surface area contributed by atoms with Crippen molar-refractivity contribution < 1.29 is 13.2 Å². The van der Waals surface area contributed by atoms with Crippen LogP contribution in [-0.2, 0) is 14.6 Å². The van der Waals surface area contributed by atoms with Gasteiger partial charge in [-0.05, 0) is 18.6 Å². The molecular weight excluding hydrogens is 224 g/mol. The molecule has 0 aliphatic rings. The Morgan fingerprint density at radius 2 is 1.88 bits per heavy atom. The molecule has 0 aliphatic carbocycles. The van der Waals surface area contributed by atoms with E-state index in [4.69, 9.17) is 0 Å². The Morgan fingerprint density at radius 1 is 1.19 bits per heavy atom. The highest BCUT2D eigenvalue weighted by molar-refractivity contribution is 7.91. The van der Waals surface area contributed by atoms with Crippen LogP contribution < -0.4 is 0 Å². The van der Waals surface area contributed by atoms with E-state index < -0.39 is 9.84 Å². The molecule has 16 heavy (non-hydrogen) atoms. The molecule has 1 radical (unpaired) electrons. The van der Waals surface area contributed by atoms with Crippen molar-refractivity contribution in [3.8, 4) is 0 Å². The molecule has 0 saturated carbocycles. The minimum Gasteiger partial charge on any atom is -0.285 e. The predicted molar refractivity (Wildman–Crippen MR) is 62.8 cm³/mol. The largest absolute Gasteiger partial charge is 0.285 e. The lowest BCUT2D eigenvalue weighted by Gasteiger charge is -2.05. The van der Waals surface area contributed by atoms with Gasteiger partial charge in [0.25, 0.3) is 0 Å². The molecule has 0 bridgehead atoms. The molecule has 0 heterocycles. The fourth-order valence-corrected chi connectivity index (χ4v) is 3.01. The first kappa shape index (κ1) is 12.9. The van der Waals surface area contributed by atoms with Crippen molar-refractivity contribution in [2.24, 2.45) is 0 Å². The van der Waals surface area contributed by atoms with E-state index in [0.717, 1.165) is 12.8 Å². The van der Waals surface area contributed by atoms with Gasteiger partial charge in [-0.1, -0.05) is 31.9 Å². The maximum atomic E-state index is 11.9. The number of unbranched alkanes of at least 4 members (excludes halogenated alkanes) is 2. The number of sulfone groups is 1. The molecule has 0 amide bonds. The summed E-state index contributed by atoms with van der Waals surface area (Å²) in [4.78, 5) is 10.7. The van der Waals surface area contributed by atoms with Gasteiger partial charge in [0.05, 0.1) is 10.6 Å². The van der Waals surface area contributed by atoms with Crippen LogP contribution in [0.3, 0.4) is 0 Å². The Morgan fingerprint density at radius 3 is 2.50 bits per heavy atom. The Kier molecular flexibility index (Phi) is 4.68. The van der Waals surface area contributed by atoms with Gasteiger partial charge in [-0.2, -0.15) is 0 Å². The number of hydrogen-bond donors (Lipinski definition) is 0. The van der Waals surface area contributed by atoms with Gasteiger partial charge in [0.2, 0.25) is 6.29 Å². The van der Waals surface area contributed by atoms with Gasteiger partial charge in [-0.15, -0.1) is 0 Å². The van der Waals surface area contributed by atoms with Crippen molar-refractivity contribution in [3.63, 3.8) is 0 Å². The van der Waals surface area contributed by atoms with Crippen molar-refractivity contribution >= 4 is 16.1 Å². The molecule has 0 aromatic heterocycles. The van der Waals surface area contributed by atoms with E-state index in [9.17, 15) is 13.2 Å². The van der Waals surface area contributed by atoms with Gasteiger partial charge in [-0.3, -0.25) is 4.79 Å². The highest BCUT2D eigenvalue weighted by Gasteiger charge is 2.17. The molecule has 87 valence electrons. The summed E-state index contributed by atoms with van der Waals surface area (Å²) in [6.07, 6.45) is 4.14. The first-order valence-corrected chi connectivity index (χ1v) is 6.97. The Bertz CT molecular complexity index is 449. The van der Waals surface area contributed by atoms with Gasteiger partial charge in [0, 0.05) is 5.56 Å². The predicted octanol–water partition coefficient (Wildman–Crippen LogP) is 2.11. The van der Waals surface area contributed by atoms with E-state index in [1.165, 1.54) is 12.1 Å². The Labute approximate surface area is 96.4 Å². The summed E-state index contributed by atoms with van der Waals surface area (Å²) in [6, 6.07) is 6.18. The molecule has 0 N–H and O–H groups in total. The van der Waals surface area contributed by atoms with Crippen molar-refractivity contribution in [1.29, 1.82) is 0 Å². The number of rotatable bonds is 6. The fraction of sp³-hybridized carbons (Fsp3) is 0.417. The monoisotopic (exact) mass is 239 g/mol. The smallest absolute Gasteiger partial charge is 0.234 e. The summed E-state index contributed by atoms with van der Waals surface area (Å²) in [5, 5.41) is 0. The van der Waals surface area contributed by atoms with Gasteiger partial charge in [0.1, 0.15) is 0 Å². The van der Waals surface area contributed by atoms with Crippen molar-refractivity contribution in [3.05, 3.63) is 29.8 Å². The van der Waals surface area contributed by atoms with Crippen molar-refractivity contribution in [2.75, 3.05) is 5.75 Å². The standard InChI is InChI=1S/C12H15O3S/c1-2-3-6-9-16(14,15)12-8-5-4-7-11(12)10-13/h4-5,7-8H,2-3,6,9H2,1H3. The van der Waals surface area contributed by atoms with Crippen LogP contribution in [0.1, 0.15) is 31.7 Å². The van der Waals surface area contributed by atoms with E-state index in [1.807, 2.05) is 6.92 Å². The van der Waals surface area contributed by atoms with Crippen LogP contribution >= 0.6 is 0 Å². The number of benzene rings is 1. The van der Waals surface area contributed by atoms with Crippen LogP contribution in [0.2, 0.25) is 0 Å². The molecule has 1 aromatic rings. The molecule has 0 spiro atoms. The molecular formula is C12H15O3S. The first-order valence-electron chi connectivity index (χ1n) is 5.31. The molecule has 0 fully saturated rings. The van der Waals surface area contributed by atoms with Crippen LogP contribution in [0, 0.1) is 0 Å². The van der Waals surface area contributed by atoms with Crippen LogP contribution in [-0.4, -0.2) is 20.5 Å². The highest BCUT2D eigenvalue weighted by Crippen LogP contribution is 2.16. The molecule has 4 heteroatoms. The van der Waals surface area contributed by atoms with Crippen molar-refractivity contribution in [1.82, 2.24) is 0 Å². The maximum absolute atomic E-state index is 11.9. The lowest BCUT2D eigenvalue weighted by Crippen LogP contribution is -2.09. The SMILES string of the molecule is CCCCCS(=O)(=O)c1ccccc1[C]=O. The van der Waals surface area contributed by atoms with E-state index in [0.29, 0.717) is 6.42 Å². The summed E-state index contributed by atoms with van der Waals surface area (Å²) in [5.74, 6) is 0.0968. The first-order chi connectivity index (χ1) is 7.61. The molecule has 0 saturated heterocycles. The third-order valence-electron chi connectivity index (χ3n) is 2.35. The molecule has 0 atom stereocenters. The molecule has 1 aromatic carbocycles. The lowest BCUT2D eigenvalue weighted by atomic mass is 10.2. The summed E-state index contributed by atoms with van der Waals surface area (Å²) < 4.78 is 23.8. The molecule has 0 aliphatic heterocycles. The van der Waals surface area contributed by atoms with Crippen LogP contribution in [0.15, 0.2) is 29.2 Å². The Balaban J connectivity index is 2.93. The van der Waals surface area contributed by atoms with Gasteiger partial charge >= 0.3 is 0 Å². The molecule has 0 unspecified atom stereocenters. The van der Waals surface area contributed by atoms with E-state index in [1.54, 1.807) is 18.4 Å². The van der Waals surface area contributed by atoms with E-state index in [2.05, 4.69) is 0 Å². The zero-order chi connectivity index (χ0) is 12.0. The van der Waals surface area contributed by atoms with Gasteiger partial charge in [0.15, 0.2) is 9.84 Å². The second-order valence-corrected chi connectivity index (χ2v) is 5.70.